The Bertz CT molecular complexity index is 1190. The molecule has 1 amide bonds. The summed E-state index contributed by atoms with van der Waals surface area (Å²) in [6, 6.07) is 13.8. The van der Waals surface area contributed by atoms with Gasteiger partial charge in [0.15, 0.2) is 11.5 Å². The van der Waals surface area contributed by atoms with Crippen LogP contribution in [0, 0.1) is 0 Å². The minimum atomic E-state index is 0.00848. The highest BCUT2D eigenvalue weighted by atomic mass is 16.5. The molecule has 2 aromatic carbocycles. The van der Waals surface area contributed by atoms with Crippen molar-refractivity contribution in [3.8, 4) is 22.9 Å². The van der Waals surface area contributed by atoms with Crippen LogP contribution in [0.2, 0.25) is 0 Å². The summed E-state index contributed by atoms with van der Waals surface area (Å²) in [6.07, 6.45) is 6.95. The predicted molar refractivity (Wildman–Crippen MR) is 134 cm³/mol. The van der Waals surface area contributed by atoms with Crippen LogP contribution in [0.3, 0.4) is 0 Å². The Morgan fingerprint density at radius 3 is 2.40 bits per heavy atom. The molecule has 3 aromatic rings. The van der Waals surface area contributed by atoms with E-state index in [9.17, 15) is 4.79 Å². The van der Waals surface area contributed by atoms with E-state index in [2.05, 4.69) is 27.2 Å². The number of carbonyl (C=O) groups excluding carboxylic acids is 1. The van der Waals surface area contributed by atoms with Crippen LogP contribution in [0.15, 0.2) is 53.1 Å². The molecule has 1 aliphatic carbocycles. The van der Waals surface area contributed by atoms with Gasteiger partial charge in [0.05, 0.1) is 14.2 Å². The molecule has 0 N–H and O–H groups in total. The van der Waals surface area contributed by atoms with E-state index in [0.29, 0.717) is 36.3 Å². The van der Waals surface area contributed by atoms with Gasteiger partial charge in [-0.05, 0) is 60.9 Å². The van der Waals surface area contributed by atoms with Gasteiger partial charge in [-0.15, -0.1) is 0 Å². The first kappa shape index (κ1) is 23.0. The summed E-state index contributed by atoms with van der Waals surface area (Å²) in [6.45, 7) is 2.91. The fourth-order valence-electron chi connectivity index (χ4n) is 4.41. The van der Waals surface area contributed by atoms with Gasteiger partial charge in [0.2, 0.25) is 17.6 Å². The molecule has 2 aliphatic rings. The predicted octanol–water partition coefficient (Wildman–Crippen LogP) is 4.38. The van der Waals surface area contributed by atoms with Gasteiger partial charge in [0.25, 0.3) is 0 Å². The number of nitrogens with zero attached hydrogens (tertiary/aromatic N) is 4. The van der Waals surface area contributed by atoms with E-state index in [-0.39, 0.29) is 5.91 Å². The van der Waals surface area contributed by atoms with Gasteiger partial charge in [-0.3, -0.25) is 4.79 Å². The second kappa shape index (κ2) is 10.2. The average molecular weight is 475 g/mol. The second-order valence-corrected chi connectivity index (χ2v) is 8.89. The maximum absolute atomic E-state index is 12.7. The molecular weight excluding hydrogens is 444 g/mol. The summed E-state index contributed by atoms with van der Waals surface area (Å²) in [4.78, 5) is 21.5. The van der Waals surface area contributed by atoms with Crippen LogP contribution in [0.5, 0.6) is 11.5 Å². The zero-order valence-corrected chi connectivity index (χ0v) is 20.1. The van der Waals surface area contributed by atoms with Gasteiger partial charge < -0.3 is 23.8 Å². The van der Waals surface area contributed by atoms with Gasteiger partial charge in [-0.1, -0.05) is 17.6 Å². The Hall–Kier alpha value is -3.81. The Labute approximate surface area is 205 Å². The fraction of sp³-hybridized carbons (Fsp3) is 0.370. The standard InChI is InChI=1S/C27H30N4O4/c1-33-23-12-6-19(18-24(23)34-2)7-13-25(32)31-16-14-30(15-17-31)22-10-8-20(9-11-22)26-28-27(35-29-26)21-4-3-5-21/h6-13,18,21H,3-5,14-17H2,1-2H3/b13-7+. The van der Waals surface area contributed by atoms with Crippen molar-refractivity contribution in [2.45, 2.75) is 25.2 Å². The summed E-state index contributed by atoms with van der Waals surface area (Å²) in [5.74, 6) is 3.15. The van der Waals surface area contributed by atoms with E-state index in [4.69, 9.17) is 14.0 Å². The van der Waals surface area contributed by atoms with E-state index >= 15 is 0 Å². The Kier molecular flexibility index (Phi) is 6.70. The molecule has 1 saturated heterocycles. The lowest BCUT2D eigenvalue weighted by atomic mass is 9.85. The highest BCUT2D eigenvalue weighted by Crippen LogP contribution is 2.36. The van der Waals surface area contributed by atoms with Crippen molar-refractivity contribution in [3.05, 3.63) is 60.0 Å². The number of hydrogen-bond donors (Lipinski definition) is 0. The van der Waals surface area contributed by atoms with Gasteiger partial charge in [0, 0.05) is 49.4 Å². The number of anilines is 1. The third-order valence-corrected chi connectivity index (χ3v) is 6.80. The van der Waals surface area contributed by atoms with E-state index < -0.39 is 0 Å². The summed E-state index contributed by atoms with van der Waals surface area (Å²) in [7, 11) is 3.20. The maximum Gasteiger partial charge on any atom is 0.246 e. The van der Waals surface area contributed by atoms with E-state index in [1.54, 1.807) is 20.3 Å². The van der Waals surface area contributed by atoms with Crippen molar-refractivity contribution in [3.63, 3.8) is 0 Å². The monoisotopic (exact) mass is 474 g/mol. The van der Waals surface area contributed by atoms with Crippen LogP contribution in [0.25, 0.3) is 17.5 Å². The van der Waals surface area contributed by atoms with Crippen LogP contribution in [0.1, 0.15) is 36.6 Å². The molecule has 182 valence electrons. The molecular formula is C27H30N4O4. The van der Waals surface area contributed by atoms with Crippen molar-refractivity contribution < 1.29 is 18.8 Å². The zero-order chi connectivity index (χ0) is 24.2. The average Bonchev–Trinajstić information content (AvgIpc) is 3.35. The molecule has 0 spiro atoms. The van der Waals surface area contributed by atoms with Crippen LogP contribution >= 0.6 is 0 Å². The largest absolute Gasteiger partial charge is 0.493 e. The summed E-state index contributed by atoms with van der Waals surface area (Å²) in [5, 5.41) is 4.15. The first-order chi connectivity index (χ1) is 17.1. The van der Waals surface area contributed by atoms with Crippen molar-refractivity contribution in [2.24, 2.45) is 0 Å². The number of piperazine rings is 1. The van der Waals surface area contributed by atoms with Gasteiger partial charge in [0.1, 0.15) is 0 Å². The Morgan fingerprint density at radius 1 is 1.00 bits per heavy atom. The number of methoxy groups -OCH3 is 2. The topological polar surface area (TPSA) is 80.9 Å². The van der Waals surface area contributed by atoms with Crippen molar-refractivity contribution in [1.82, 2.24) is 15.0 Å². The van der Waals surface area contributed by atoms with Crippen molar-refractivity contribution in [2.75, 3.05) is 45.3 Å². The lowest BCUT2D eigenvalue weighted by Crippen LogP contribution is -2.48. The molecule has 2 fully saturated rings. The smallest absolute Gasteiger partial charge is 0.246 e. The number of rotatable bonds is 7. The Morgan fingerprint density at radius 2 is 1.74 bits per heavy atom. The Balaban J connectivity index is 1.15. The first-order valence-electron chi connectivity index (χ1n) is 12.0. The molecule has 8 heteroatoms. The zero-order valence-electron chi connectivity index (χ0n) is 20.1. The fourth-order valence-corrected chi connectivity index (χ4v) is 4.41. The van der Waals surface area contributed by atoms with E-state index in [1.165, 1.54) is 6.42 Å². The van der Waals surface area contributed by atoms with Gasteiger partial charge in [-0.2, -0.15) is 4.98 Å². The van der Waals surface area contributed by atoms with Crippen molar-refractivity contribution in [1.29, 1.82) is 0 Å². The van der Waals surface area contributed by atoms with Crippen molar-refractivity contribution >= 4 is 17.7 Å². The molecule has 0 atom stereocenters. The lowest BCUT2D eigenvalue weighted by Gasteiger charge is -2.35. The van der Waals surface area contributed by atoms with E-state index in [1.807, 2.05) is 41.3 Å². The molecule has 0 bridgehead atoms. The molecule has 8 nitrogen and oxygen atoms in total. The van der Waals surface area contributed by atoms with Gasteiger partial charge >= 0.3 is 0 Å². The molecule has 0 unspecified atom stereocenters. The quantitative estimate of drug-likeness (QED) is 0.470. The molecule has 1 aliphatic heterocycles. The number of hydrogen-bond acceptors (Lipinski definition) is 7. The minimum absolute atomic E-state index is 0.00848. The minimum Gasteiger partial charge on any atom is -0.493 e. The number of benzene rings is 2. The SMILES string of the molecule is COc1ccc(/C=C/C(=O)N2CCN(c3ccc(-c4noc(C5CCC5)n4)cc3)CC2)cc1OC. The number of carbonyl (C=O) groups is 1. The summed E-state index contributed by atoms with van der Waals surface area (Å²) >= 11 is 0. The molecule has 35 heavy (non-hydrogen) atoms. The third-order valence-electron chi connectivity index (χ3n) is 6.80. The number of amides is 1. The van der Waals surface area contributed by atoms with E-state index in [0.717, 1.165) is 48.6 Å². The number of ether oxygens (including phenoxy) is 2. The summed E-state index contributed by atoms with van der Waals surface area (Å²) in [5.41, 5.74) is 2.97. The third kappa shape index (κ3) is 5.01. The van der Waals surface area contributed by atoms with Crippen LogP contribution in [-0.4, -0.2) is 61.3 Å². The van der Waals surface area contributed by atoms with Gasteiger partial charge in [-0.25, -0.2) is 0 Å². The van der Waals surface area contributed by atoms with Crippen LogP contribution in [-0.2, 0) is 4.79 Å². The maximum atomic E-state index is 12.7. The normalized spacial score (nSPS) is 16.4. The number of aromatic nitrogens is 2. The van der Waals surface area contributed by atoms with Crippen LogP contribution < -0.4 is 14.4 Å². The highest BCUT2D eigenvalue weighted by molar-refractivity contribution is 5.92. The summed E-state index contributed by atoms with van der Waals surface area (Å²) < 4.78 is 16.0. The second-order valence-electron chi connectivity index (χ2n) is 8.89. The lowest BCUT2D eigenvalue weighted by molar-refractivity contribution is -0.126. The molecule has 5 rings (SSSR count). The molecule has 1 saturated carbocycles. The highest BCUT2D eigenvalue weighted by Gasteiger charge is 2.26. The van der Waals surface area contributed by atoms with Crippen LogP contribution in [0.4, 0.5) is 5.69 Å². The molecule has 1 aromatic heterocycles. The first-order valence-corrected chi connectivity index (χ1v) is 12.0. The molecule has 2 heterocycles. The molecule has 0 radical (unpaired) electrons.